The molecular weight excluding hydrogens is 392 g/mol. The minimum Gasteiger partial charge on any atom is -0.481 e. The number of anilines is 1. The minimum absolute atomic E-state index is 0.178. The molecule has 4 rings (SSSR count). The molecule has 4 aromatic rings. The first kappa shape index (κ1) is 20.1. The van der Waals surface area contributed by atoms with Crippen LogP contribution in [0.15, 0.2) is 85.1 Å². The number of hydrogen-bond donors (Lipinski definition) is 1. The van der Waals surface area contributed by atoms with Gasteiger partial charge in [-0.2, -0.15) is 0 Å². The van der Waals surface area contributed by atoms with E-state index in [4.69, 9.17) is 4.74 Å². The number of carbonyl (C=O) groups excluding carboxylic acids is 2. The third-order valence-electron chi connectivity index (χ3n) is 4.76. The number of pyridine rings is 1. The lowest BCUT2D eigenvalue weighted by Crippen LogP contribution is -2.20. The topological polar surface area (TPSA) is 77.5 Å². The van der Waals surface area contributed by atoms with Crippen molar-refractivity contribution in [3.05, 3.63) is 90.6 Å². The summed E-state index contributed by atoms with van der Waals surface area (Å²) in [5.41, 5.74) is 2.58. The van der Waals surface area contributed by atoms with Crippen molar-refractivity contribution >= 4 is 28.3 Å². The zero-order valence-electron chi connectivity index (χ0n) is 16.9. The van der Waals surface area contributed by atoms with Crippen LogP contribution in [0.25, 0.3) is 22.0 Å². The number of rotatable bonds is 6. The predicted molar refractivity (Wildman–Crippen MR) is 119 cm³/mol. The number of carbonyl (C=O) groups is 2. The Labute approximate surface area is 179 Å². The summed E-state index contributed by atoms with van der Waals surface area (Å²) < 4.78 is 10.5. The molecule has 0 aliphatic rings. The van der Waals surface area contributed by atoms with E-state index in [1.54, 1.807) is 42.6 Å². The van der Waals surface area contributed by atoms with Crippen LogP contribution in [0, 0.1) is 0 Å². The van der Waals surface area contributed by atoms with Crippen molar-refractivity contribution in [2.75, 3.05) is 19.0 Å². The lowest BCUT2D eigenvalue weighted by atomic mass is 10.0. The smallest absolute Gasteiger partial charge is 0.337 e. The van der Waals surface area contributed by atoms with Gasteiger partial charge in [0, 0.05) is 17.4 Å². The van der Waals surface area contributed by atoms with Gasteiger partial charge in [0.1, 0.15) is 11.4 Å². The number of fused-ring (bicyclic) bond motifs is 1. The van der Waals surface area contributed by atoms with Gasteiger partial charge in [-0.1, -0.05) is 42.5 Å². The lowest BCUT2D eigenvalue weighted by molar-refractivity contribution is -0.118. The maximum absolute atomic E-state index is 12.4. The van der Waals surface area contributed by atoms with E-state index in [9.17, 15) is 9.59 Å². The Morgan fingerprint density at radius 3 is 2.48 bits per heavy atom. The van der Waals surface area contributed by atoms with Gasteiger partial charge in [0.15, 0.2) is 6.61 Å². The number of aromatic nitrogens is 1. The van der Waals surface area contributed by atoms with Gasteiger partial charge < -0.3 is 14.8 Å². The standard InChI is InChI=1S/C25H20N2O4/c1-30-25(29)18-11-13-19(14-12-18)27-23(28)16-31-22-10-5-15-26-24(22)21-9-4-7-17-6-2-3-8-20(17)21/h2-15H,16H2,1H3,(H,27,28). The lowest BCUT2D eigenvalue weighted by Gasteiger charge is -2.12. The Hall–Kier alpha value is -4.19. The fourth-order valence-corrected chi connectivity index (χ4v) is 3.29. The molecule has 0 saturated heterocycles. The molecule has 31 heavy (non-hydrogen) atoms. The second kappa shape index (κ2) is 9.09. The van der Waals surface area contributed by atoms with Crippen molar-refractivity contribution in [2.24, 2.45) is 0 Å². The van der Waals surface area contributed by atoms with Crippen LogP contribution in [-0.4, -0.2) is 30.6 Å². The summed E-state index contributed by atoms with van der Waals surface area (Å²) >= 11 is 0. The molecule has 0 fully saturated rings. The van der Waals surface area contributed by atoms with Crippen LogP contribution in [0.1, 0.15) is 10.4 Å². The number of ether oxygens (including phenoxy) is 2. The average Bonchev–Trinajstić information content (AvgIpc) is 2.82. The van der Waals surface area contributed by atoms with E-state index in [-0.39, 0.29) is 12.5 Å². The van der Waals surface area contributed by atoms with Crippen LogP contribution >= 0.6 is 0 Å². The Morgan fingerprint density at radius 2 is 1.68 bits per heavy atom. The maximum Gasteiger partial charge on any atom is 0.337 e. The molecule has 3 aromatic carbocycles. The monoisotopic (exact) mass is 412 g/mol. The van der Waals surface area contributed by atoms with Crippen molar-refractivity contribution < 1.29 is 19.1 Å². The van der Waals surface area contributed by atoms with Crippen molar-refractivity contribution in [2.45, 2.75) is 0 Å². The van der Waals surface area contributed by atoms with E-state index < -0.39 is 5.97 Å². The number of benzene rings is 3. The molecule has 0 bridgehead atoms. The van der Waals surface area contributed by atoms with Crippen LogP contribution in [0.3, 0.4) is 0 Å². The van der Waals surface area contributed by atoms with Crippen LogP contribution in [0.4, 0.5) is 5.69 Å². The quantitative estimate of drug-likeness (QED) is 0.464. The van der Waals surface area contributed by atoms with Crippen LogP contribution < -0.4 is 10.1 Å². The van der Waals surface area contributed by atoms with Crippen LogP contribution in [-0.2, 0) is 9.53 Å². The number of methoxy groups -OCH3 is 1. The molecule has 0 aliphatic heterocycles. The number of nitrogens with one attached hydrogen (secondary N) is 1. The second-order valence-electron chi connectivity index (χ2n) is 6.78. The number of esters is 1. The zero-order chi connectivity index (χ0) is 21.6. The predicted octanol–water partition coefficient (Wildman–Crippen LogP) is 4.71. The third kappa shape index (κ3) is 4.53. The average molecular weight is 412 g/mol. The van der Waals surface area contributed by atoms with Crippen molar-refractivity contribution in [1.29, 1.82) is 0 Å². The highest BCUT2D eigenvalue weighted by Gasteiger charge is 2.13. The van der Waals surface area contributed by atoms with Gasteiger partial charge in [-0.3, -0.25) is 9.78 Å². The largest absolute Gasteiger partial charge is 0.481 e. The Balaban J connectivity index is 1.48. The molecule has 6 heteroatoms. The molecule has 0 saturated carbocycles. The van der Waals surface area contributed by atoms with Gasteiger partial charge in [0.2, 0.25) is 0 Å². The van der Waals surface area contributed by atoms with Gasteiger partial charge in [-0.25, -0.2) is 4.79 Å². The molecular formula is C25H20N2O4. The van der Waals surface area contributed by atoms with Gasteiger partial charge in [-0.05, 0) is 47.2 Å². The molecule has 1 heterocycles. The van der Waals surface area contributed by atoms with E-state index in [0.717, 1.165) is 16.3 Å². The molecule has 6 nitrogen and oxygen atoms in total. The van der Waals surface area contributed by atoms with Crippen molar-refractivity contribution in [1.82, 2.24) is 4.98 Å². The molecule has 0 unspecified atom stereocenters. The minimum atomic E-state index is -0.432. The first-order valence-corrected chi connectivity index (χ1v) is 9.70. The summed E-state index contributed by atoms with van der Waals surface area (Å²) in [4.78, 5) is 28.4. The normalized spacial score (nSPS) is 10.5. The summed E-state index contributed by atoms with van der Waals surface area (Å²) in [5, 5.41) is 4.91. The summed E-state index contributed by atoms with van der Waals surface area (Å²) in [5.74, 6) is -0.229. The first-order chi connectivity index (χ1) is 15.2. The summed E-state index contributed by atoms with van der Waals surface area (Å²) in [6.07, 6.45) is 1.70. The van der Waals surface area contributed by atoms with Crippen molar-refractivity contribution in [3.63, 3.8) is 0 Å². The van der Waals surface area contributed by atoms with E-state index in [1.165, 1.54) is 7.11 Å². The number of nitrogens with zero attached hydrogens (tertiary/aromatic N) is 1. The highest BCUT2D eigenvalue weighted by molar-refractivity contribution is 5.97. The fourth-order valence-electron chi connectivity index (χ4n) is 3.29. The van der Waals surface area contributed by atoms with Gasteiger partial charge in [-0.15, -0.1) is 0 Å². The van der Waals surface area contributed by atoms with Crippen molar-refractivity contribution in [3.8, 4) is 17.0 Å². The summed E-state index contributed by atoms with van der Waals surface area (Å²) in [7, 11) is 1.32. The molecule has 1 aromatic heterocycles. The second-order valence-corrected chi connectivity index (χ2v) is 6.78. The van der Waals surface area contributed by atoms with Gasteiger partial charge >= 0.3 is 5.97 Å². The number of amides is 1. The van der Waals surface area contributed by atoms with E-state index >= 15 is 0 Å². The zero-order valence-corrected chi connectivity index (χ0v) is 16.9. The highest BCUT2D eigenvalue weighted by atomic mass is 16.5. The van der Waals surface area contributed by atoms with E-state index in [2.05, 4.69) is 15.0 Å². The summed E-state index contributed by atoms with van der Waals surface area (Å²) in [6, 6.07) is 24.1. The molecule has 0 aliphatic carbocycles. The Morgan fingerprint density at radius 1 is 0.903 bits per heavy atom. The molecule has 154 valence electrons. The summed E-state index contributed by atoms with van der Waals surface area (Å²) in [6.45, 7) is -0.178. The fraction of sp³-hybridized carbons (Fsp3) is 0.0800. The maximum atomic E-state index is 12.4. The van der Waals surface area contributed by atoms with Gasteiger partial charge in [0.25, 0.3) is 5.91 Å². The van der Waals surface area contributed by atoms with Crippen LogP contribution in [0.5, 0.6) is 5.75 Å². The number of hydrogen-bond acceptors (Lipinski definition) is 5. The molecule has 0 atom stereocenters. The van der Waals surface area contributed by atoms with E-state index in [1.807, 2.05) is 42.5 Å². The molecule has 1 N–H and O–H groups in total. The molecule has 0 spiro atoms. The Bertz CT molecular complexity index is 1230. The highest BCUT2D eigenvalue weighted by Crippen LogP contribution is 2.33. The first-order valence-electron chi connectivity index (χ1n) is 9.70. The third-order valence-corrected chi connectivity index (χ3v) is 4.76. The van der Waals surface area contributed by atoms with Crippen LogP contribution in [0.2, 0.25) is 0 Å². The van der Waals surface area contributed by atoms with E-state index in [0.29, 0.717) is 22.7 Å². The SMILES string of the molecule is COC(=O)c1ccc(NC(=O)COc2cccnc2-c2cccc3ccccc23)cc1. The Kier molecular flexibility index (Phi) is 5.89. The van der Waals surface area contributed by atoms with Gasteiger partial charge in [0.05, 0.1) is 12.7 Å². The molecule has 1 amide bonds. The molecule has 0 radical (unpaired) electrons.